The van der Waals surface area contributed by atoms with Crippen molar-refractivity contribution >= 4 is 0 Å². The molecule has 3 saturated heterocycles. The number of ether oxygens (including phenoxy) is 5. The van der Waals surface area contributed by atoms with Crippen LogP contribution in [0.15, 0.2) is 0 Å². The lowest BCUT2D eigenvalue weighted by Crippen LogP contribution is -2.87. The van der Waals surface area contributed by atoms with Gasteiger partial charge in [0.1, 0.15) is 68.2 Å². The predicted octanol–water partition coefficient (Wildman–Crippen LogP) is -2.50. The third-order valence-electron chi connectivity index (χ3n) is 13.4. The Labute approximate surface area is 275 Å². The van der Waals surface area contributed by atoms with Gasteiger partial charge >= 0.3 is 0 Å². The molecule has 16 nitrogen and oxygen atoms in total. The Kier molecular flexibility index (Phi) is 9.08. The maximum absolute atomic E-state index is 12.0. The lowest BCUT2D eigenvalue weighted by atomic mass is 9.60. The fraction of sp³-hybridized carbons (Fsp3) is 1.00. The van der Waals surface area contributed by atoms with Gasteiger partial charge in [0.25, 0.3) is 0 Å². The van der Waals surface area contributed by atoms with Crippen molar-refractivity contribution in [3.8, 4) is 0 Å². The van der Waals surface area contributed by atoms with Gasteiger partial charge in [0.2, 0.25) is 11.6 Å². The summed E-state index contributed by atoms with van der Waals surface area (Å²) in [5.74, 6) is -7.47. The van der Waals surface area contributed by atoms with Gasteiger partial charge in [0, 0.05) is 0 Å². The van der Waals surface area contributed by atoms with Crippen LogP contribution >= 0.6 is 0 Å². The summed E-state index contributed by atoms with van der Waals surface area (Å²) in [6, 6.07) is 0. The molecule has 3 heterocycles. The Bertz CT molecular complexity index is 1230. The number of hydrogen-bond donors (Lipinski definition) is 11. The first-order chi connectivity index (χ1) is 20.5. The van der Waals surface area contributed by atoms with E-state index in [0.717, 1.165) is 55.4 Å². The van der Waals surface area contributed by atoms with Gasteiger partial charge in [-0.25, -0.2) is 0 Å². The number of hydrogen-bond acceptors (Lipinski definition) is 16. The van der Waals surface area contributed by atoms with Crippen LogP contribution in [0.2, 0.25) is 0 Å². The summed E-state index contributed by atoms with van der Waals surface area (Å²) in [6.45, 7) is 11.4. The van der Waals surface area contributed by atoms with E-state index in [1.165, 1.54) is 34.6 Å². The molecule has 3 aliphatic rings. The van der Waals surface area contributed by atoms with Crippen LogP contribution in [-0.4, -0.2) is 162 Å². The molecule has 5 unspecified atom stereocenters. The second kappa shape index (κ2) is 10.5. The molecule has 0 aromatic carbocycles. The summed E-state index contributed by atoms with van der Waals surface area (Å²) < 4.78 is 30.4. The van der Waals surface area contributed by atoms with Crippen LogP contribution in [0.5, 0.6) is 0 Å². The second-order valence-electron chi connectivity index (χ2n) is 16.1. The van der Waals surface area contributed by atoms with Gasteiger partial charge in [-0.3, -0.25) is 0 Å². The van der Waals surface area contributed by atoms with Crippen molar-refractivity contribution in [3.05, 3.63) is 0 Å². The minimum absolute atomic E-state index is 0.812. The Hall–Kier alpha value is -0.640. The zero-order valence-corrected chi connectivity index (χ0v) is 29.8. The quantitative estimate of drug-likeness (QED) is 0.126. The van der Waals surface area contributed by atoms with Gasteiger partial charge < -0.3 is 79.9 Å². The maximum Gasteiger partial charge on any atom is 0.227 e. The lowest BCUT2D eigenvalue weighted by Gasteiger charge is -2.67. The fourth-order valence-corrected chi connectivity index (χ4v) is 7.33. The van der Waals surface area contributed by atoms with Crippen molar-refractivity contribution in [2.24, 2.45) is 0 Å². The Morgan fingerprint density at radius 1 is 0.383 bits per heavy atom. The highest BCUT2D eigenvalue weighted by Gasteiger charge is 2.81. The monoisotopic (exact) mass is 686 g/mol. The van der Waals surface area contributed by atoms with E-state index in [4.69, 9.17) is 23.7 Å². The van der Waals surface area contributed by atoms with E-state index in [9.17, 15) is 56.2 Å². The molecule has 3 rings (SSSR count). The van der Waals surface area contributed by atoms with E-state index in [1.54, 1.807) is 0 Å². The first-order valence-corrected chi connectivity index (χ1v) is 15.5. The summed E-state index contributed by atoms with van der Waals surface area (Å²) in [5.41, 5.74) is -25.6. The van der Waals surface area contributed by atoms with Crippen molar-refractivity contribution in [2.45, 2.75) is 169 Å². The molecule has 0 aromatic heterocycles. The normalized spacial score (nSPS) is 61.8. The van der Waals surface area contributed by atoms with Crippen LogP contribution in [0.1, 0.15) is 90.0 Å². The van der Waals surface area contributed by atoms with E-state index in [1.807, 2.05) is 0 Å². The van der Waals surface area contributed by atoms with Gasteiger partial charge in [0.15, 0.2) is 5.79 Å². The summed E-state index contributed by atoms with van der Waals surface area (Å²) in [7, 11) is 0. The molecule has 0 radical (unpaired) electrons. The molecular formula is C31H58O16. The molecular weight excluding hydrogens is 628 g/mol. The van der Waals surface area contributed by atoms with E-state index in [0.29, 0.717) is 0 Å². The summed E-state index contributed by atoms with van der Waals surface area (Å²) in [4.78, 5) is 0. The third kappa shape index (κ3) is 4.45. The van der Waals surface area contributed by atoms with E-state index < -0.39 is 105 Å². The van der Waals surface area contributed by atoms with Gasteiger partial charge in [-0.05, 0) is 90.0 Å². The van der Waals surface area contributed by atoms with Crippen molar-refractivity contribution in [1.82, 2.24) is 0 Å². The highest BCUT2D eigenvalue weighted by atomic mass is 16.8. The summed E-state index contributed by atoms with van der Waals surface area (Å²) in [6.07, 6.45) is 0. The molecule has 3 aliphatic heterocycles. The fourth-order valence-electron chi connectivity index (χ4n) is 7.33. The largest absolute Gasteiger partial charge is 0.393 e. The van der Waals surface area contributed by atoms with Crippen molar-refractivity contribution in [3.63, 3.8) is 0 Å². The van der Waals surface area contributed by atoms with Crippen LogP contribution in [0, 0.1) is 0 Å². The molecule has 0 aromatic rings. The van der Waals surface area contributed by atoms with E-state index >= 15 is 0 Å². The smallest absolute Gasteiger partial charge is 0.227 e. The highest BCUT2D eigenvalue weighted by Crippen LogP contribution is 2.60. The maximum atomic E-state index is 12.0. The highest BCUT2D eigenvalue weighted by molar-refractivity contribution is 5.26. The minimum atomic E-state index is -2.64. The third-order valence-corrected chi connectivity index (χ3v) is 13.4. The minimum Gasteiger partial charge on any atom is -0.393 e. The number of aliphatic hydroxyl groups excluding tert-OH is 3. The average Bonchev–Trinajstić information content (AvgIpc) is 3.04. The molecule has 3 fully saturated rings. The molecule has 0 aliphatic carbocycles. The Morgan fingerprint density at radius 2 is 0.723 bits per heavy atom. The van der Waals surface area contributed by atoms with Gasteiger partial charge in [-0.15, -0.1) is 0 Å². The molecule has 0 spiro atoms. The number of rotatable bonds is 8. The van der Waals surface area contributed by atoms with E-state index in [2.05, 4.69) is 0 Å². The Morgan fingerprint density at radius 3 is 1.11 bits per heavy atom. The lowest BCUT2D eigenvalue weighted by molar-refractivity contribution is -0.508. The van der Waals surface area contributed by atoms with Gasteiger partial charge in [-0.2, -0.15) is 0 Å². The first-order valence-electron chi connectivity index (χ1n) is 15.5. The summed E-state index contributed by atoms with van der Waals surface area (Å²) in [5, 5.41) is 124. The molecule has 47 heavy (non-hydrogen) atoms. The average molecular weight is 687 g/mol. The zero-order chi connectivity index (χ0) is 37.4. The first kappa shape index (κ1) is 40.8. The zero-order valence-electron chi connectivity index (χ0n) is 29.8. The standard InChI is InChI=1S/C31H58O16/c1-18(14-32)21(4,35)24(7,38)26(9,40)29(12,44-18)43-17-20(3)23(6,37)25(8,39)27(10,41)30(13,45-20)47-31(16-34)28(11,42)22(5,36)19(2,15-33)46-31/h32-42H,14-17H2,1-13H3/t18?,19-,20?,21+,22+,23-,24+,25-,26?,27?,28?,29+,30-,31+/m1/s1. The van der Waals surface area contributed by atoms with Crippen LogP contribution in [0.3, 0.4) is 0 Å². The summed E-state index contributed by atoms with van der Waals surface area (Å²) >= 11 is 0. The van der Waals surface area contributed by atoms with E-state index in [-0.39, 0.29) is 0 Å². The molecule has 16 heteroatoms. The molecule has 0 amide bonds. The van der Waals surface area contributed by atoms with Crippen molar-refractivity contribution in [1.29, 1.82) is 0 Å². The second-order valence-corrected chi connectivity index (χ2v) is 16.1. The van der Waals surface area contributed by atoms with Crippen LogP contribution in [0.4, 0.5) is 0 Å². The predicted molar refractivity (Wildman–Crippen MR) is 161 cm³/mol. The molecule has 14 atom stereocenters. The Balaban J connectivity index is 2.18. The van der Waals surface area contributed by atoms with Crippen molar-refractivity contribution in [2.75, 3.05) is 26.4 Å². The number of aliphatic hydroxyl groups is 11. The van der Waals surface area contributed by atoms with Gasteiger partial charge in [0.05, 0.1) is 19.8 Å². The van der Waals surface area contributed by atoms with Crippen LogP contribution in [0.25, 0.3) is 0 Å². The van der Waals surface area contributed by atoms with Crippen molar-refractivity contribution < 1.29 is 79.9 Å². The van der Waals surface area contributed by atoms with Crippen LogP contribution < -0.4 is 0 Å². The molecule has 278 valence electrons. The van der Waals surface area contributed by atoms with Gasteiger partial charge in [-0.1, -0.05) is 0 Å². The van der Waals surface area contributed by atoms with Crippen LogP contribution in [-0.2, 0) is 23.7 Å². The SMILES string of the molecule is CC1(CO)O[C@](C)(OCC2(C)O[C@](C)(O[C@]3(CO)O[C@](C)(CO)[C@](C)(O)C3(C)O)C(C)(O)[C@](C)(O)[C@]2(C)O)C(C)(O)[C@@](C)(O)[C@@]1(C)O. The molecule has 11 N–H and O–H groups in total. The molecule has 0 saturated carbocycles. The topological polar surface area (TPSA) is 269 Å². The molecule has 0 bridgehead atoms.